The second kappa shape index (κ2) is 8.08. The molecule has 1 saturated heterocycles. The van der Waals surface area contributed by atoms with Crippen LogP contribution in [-0.2, 0) is 23.8 Å². The summed E-state index contributed by atoms with van der Waals surface area (Å²) < 4.78 is 17.1. The van der Waals surface area contributed by atoms with E-state index in [9.17, 15) is 14.4 Å². The van der Waals surface area contributed by atoms with E-state index in [4.69, 9.17) is 14.2 Å². The van der Waals surface area contributed by atoms with Crippen LogP contribution in [0.1, 0.15) is 55.1 Å². The van der Waals surface area contributed by atoms with Gasteiger partial charge < -0.3 is 19.5 Å². The third kappa shape index (κ3) is 4.92. The molecule has 3 rings (SSSR count). The van der Waals surface area contributed by atoms with Crippen molar-refractivity contribution in [2.24, 2.45) is 0 Å². The van der Waals surface area contributed by atoms with Crippen molar-refractivity contribution in [2.75, 3.05) is 5.32 Å². The van der Waals surface area contributed by atoms with Gasteiger partial charge in [-0.1, -0.05) is 12.1 Å². The molecule has 0 radical (unpaired) electrons. The third-order valence-electron chi connectivity index (χ3n) is 4.87. The Hall–Kier alpha value is -2.51. The minimum absolute atomic E-state index is 0.0778. The van der Waals surface area contributed by atoms with Gasteiger partial charge in [0.2, 0.25) is 5.91 Å². The zero-order chi connectivity index (χ0) is 21.3. The maximum atomic E-state index is 12.7. The van der Waals surface area contributed by atoms with E-state index in [1.54, 1.807) is 39.8 Å². The molecule has 1 amide bonds. The summed E-state index contributed by atoms with van der Waals surface area (Å²) >= 11 is 0. The van der Waals surface area contributed by atoms with E-state index < -0.39 is 30.1 Å². The smallest absolute Gasteiger partial charge is 0.340 e. The van der Waals surface area contributed by atoms with Crippen LogP contribution in [0.2, 0.25) is 0 Å². The van der Waals surface area contributed by atoms with Gasteiger partial charge in [0.05, 0.1) is 17.7 Å². The average molecular weight is 401 g/mol. The Morgan fingerprint density at radius 2 is 1.83 bits per heavy atom. The number of carbonyl (C=O) groups excluding carboxylic acids is 3. The average Bonchev–Trinajstić information content (AvgIpc) is 2.87. The lowest BCUT2D eigenvalue weighted by molar-refractivity contribution is -0.153. The molecule has 0 bridgehead atoms. The molecule has 0 saturated carbocycles. The second-order valence-electron chi connectivity index (χ2n) is 8.11. The fraction of sp³-hybridized carbons (Fsp3) is 0.500. The van der Waals surface area contributed by atoms with E-state index in [0.717, 1.165) is 11.1 Å². The maximum Gasteiger partial charge on any atom is 0.340 e. The van der Waals surface area contributed by atoms with Crippen molar-refractivity contribution in [3.63, 3.8) is 0 Å². The number of amides is 1. The topological polar surface area (TPSA) is 90.9 Å². The molecule has 0 aliphatic carbocycles. The molecule has 1 fully saturated rings. The van der Waals surface area contributed by atoms with Gasteiger partial charge in [-0.15, -0.1) is 0 Å². The van der Waals surface area contributed by atoms with E-state index >= 15 is 0 Å². The number of nitrogens with one attached hydrogen (secondary N) is 1. The van der Waals surface area contributed by atoms with Crippen molar-refractivity contribution in [2.45, 2.75) is 71.6 Å². The highest BCUT2D eigenvalue weighted by Crippen LogP contribution is 2.32. The van der Waals surface area contributed by atoms with Gasteiger partial charge in [0.15, 0.2) is 11.6 Å². The highest BCUT2D eigenvalue weighted by molar-refractivity contribution is 6.03. The highest BCUT2D eigenvalue weighted by atomic mass is 16.8. The minimum Gasteiger partial charge on any atom is -0.459 e. The Morgan fingerprint density at radius 1 is 1.10 bits per heavy atom. The zero-order valence-corrected chi connectivity index (χ0v) is 17.4. The molecule has 1 aromatic carbocycles. The van der Waals surface area contributed by atoms with Gasteiger partial charge in [0, 0.05) is 6.42 Å². The number of anilines is 1. The molecular weight excluding hydrogens is 374 g/mol. The maximum absolute atomic E-state index is 12.7. The fourth-order valence-corrected chi connectivity index (χ4v) is 3.71. The Kier molecular flexibility index (Phi) is 5.91. The molecule has 3 atom stereocenters. The number of aryl methyl sites for hydroxylation is 2. The molecule has 1 aromatic rings. The number of cyclic esters (lactones) is 1. The fourth-order valence-electron chi connectivity index (χ4n) is 3.71. The van der Waals surface area contributed by atoms with Crippen molar-refractivity contribution >= 4 is 23.3 Å². The Bertz CT molecular complexity index is 872. The van der Waals surface area contributed by atoms with Gasteiger partial charge in [-0.05, 0) is 57.9 Å². The molecule has 0 spiro atoms. The molecule has 2 heterocycles. The summed E-state index contributed by atoms with van der Waals surface area (Å²) in [7, 11) is 0. The molecule has 0 aromatic heterocycles. The molecule has 1 N–H and O–H groups in total. The first-order valence-corrected chi connectivity index (χ1v) is 9.74. The first-order chi connectivity index (χ1) is 13.6. The largest absolute Gasteiger partial charge is 0.459 e. The van der Waals surface area contributed by atoms with Crippen molar-refractivity contribution in [1.82, 2.24) is 0 Å². The Labute approximate surface area is 170 Å². The summed E-state index contributed by atoms with van der Waals surface area (Å²) in [6.07, 6.45) is 1.33. The molecule has 156 valence electrons. The SMILES string of the molecule is Cc1cc(C)c2c(c1)NC(=O)C[C@@H]1OC(C)(C)O[C@@H]1C(=O)/C=C\C[C@H](C)OC2=O. The van der Waals surface area contributed by atoms with Crippen molar-refractivity contribution < 1.29 is 28.6 Å². The van der Waals surface area contributed by atoms with Crippen LogP contribution in [0.15, 0.2) is 24.3 Å². The van der Waals surface area contributed by atoms with Gasteiger partial charge in [-0.3, -0.25) is 9.59 Å². The zero-order valence-electron chi connectivity index (χ0n) is 17.4. The number of hydrogen-bond donors (Lipinski definition) is 1. The number of rotatable bonds is 0. The normalized spacial score (nSPS) is 28.6. The van der Waals surface area contributed by atoms with Crippen molar-refractivity contribution in [1.29, 1.82) is 0 Å². The first kappa shape index (κ1) is 21.2. The van der Waals surface area contributed by atoms with Gasteiger partial charge in [0.25, 0.3) is 0 Å². The van der Waals surface area contributed by atoms with E-state index in [0.29, 0.717) is 17.7 Å². The summed E-state index contributed by atoms with van der Waals surface area (Å²) in [5.41, 5.74) is 2.34. The number of ether oxygens (including phenoxy) is 3. The summed E-state index contributed by atoms with van der Waals surface area (Å²) in [4.78, 5) is 38.1. The summed E-state index contributed by atoms with van der Waals surface area (Å²) in [5, 5.41) is 2.79. The molecule has 7 nitrogen and oxygen atoms in total. The van der Waals surface area contributed by atoms with Crippen molar-refractivity contribution in [3.8, 4) is 0 Å². The molecule has 7 heteroatoms. The van der Waals surface area contributed by atoms with Crippen LogP contribution in [0, 0.1) is 13.8 Å². The van der Waals surface area contributed by atoms with Crippen LogP contribution in [0.4, 0.5) is 5.69 Å². The number of fused-ring (bicyclic) bond motifs is 2. The van der Waals surface area contributed by atoms with Gasteiger partial charge in [-0.25, -0.2) is 4.79 Å². The second-order valence-corrected chi connectivity index (χ2v) is 8.11. The van der Waals surface area contributed by atoms with Gasteiger partial charge in [-0.2, -0.15) is 0 Å². The third-order valence-corrected chi connectivity index (χ3v) is 4.87. The number of ketones is 1. The molecule has 0 unspecified atom stereocenters. The predicted octanol–water partition coefficient (Wildman–Crippen LogP) is 3.23. The van der Waals surface area contributed by atoms with E-state index in [1.165, 1.54) is 6.08 Å². The standard InChI is InChI=1S/C22H27NO6/c1-12-9-13(2)19-15(10-12)23-18(25)11-17-20(29-22(4,5)28-17)16(24)8-6-7-14(3)27-21(19)26/h6,8-10,14,17,20H,7,11H2,1-5H3,(H,23,25)/b8-6-/t14-,17-,20+/m0/s1. The Morgan fingerprint density at radius 3 is 2.55 bits per heavy atom. The van der Waals surface area contributed by atoms with Gasteiger partial charge in [0.1, 0.15) is 18.3 Å². The molecule has 2 aliphatic heterocycles. The number of esters is 1. The van der Waals surface area contributed by atoms with Gasteiger partial charge >= 0.3 is 5.97 Å². The summed E-state index contributed by atoms with van der Waals surface area (Å²) in [6.45, 7) is 8.85. The van der Waals surface area contributed by atoms with Crippen LogP contribution in [0.3, 0.4) is 0 Å². The predicted molar refractivity (Wildman–Crippen MR) is 107 cm³/mol. The summed E-state index contributed by atoms with van der Waals surface area (Å²) in [5.74, 6) is -2.13. The van der Waals surface area contributed by atoms with E-state index in [-0.39, 0.29) is 18.1 Å². The lowest BCUT2D eigenvalue weighted by Gasteiger charge is -2.19. The van der Waals surface area contributed by atoms with Crippen LogP contribution < -0.4 is 5.32 Å². The lowest BCUT2D eigenvalue weighted by Crippen LogP contribution is -2.34. The number of hydrogen-bond acceptors (Lipinski definition) is 6. The van der Waals surface area contributed by atoms with Crippen LogP contribution >= 0.6 is 0 Å². The number of carbonyl (C=O) groups is 3. The lowest BCUT2D eigenvalue weighted by atomic mass is 10.0. The number of benzene rings is 1. The monoisotopic (exact) mass is 401 g/mol. The minimum atomic E-state index is -0.968. The highest BCUT2D eigenvalue weighted by Gasteiger charge is 2.45. The Balaban J connectivity index is 1.98. The van der Waals surface area contributed by atoms with E-state index in [2.05, 4.69) is 5.32 Å². The van der Waals surface area contributed by atoms with Crippen LogP contribution in [0.5, 0.6) is 0 Å². The quantitative estimate of drug-likeness (QED) is 0.671. The first-order valence-electron chi connectivity index (χ1n) is 9.74. The molecular formula is C22H27NO6. The van der Waals surface area contributed by atoms with Crippen LogP contribution in [0.25, 0.3) is 0 Å². The van der Waals surface area contributed by atoms with Crippen LogP contribution in [-0.4, -0.2) is 41.8 Å². The molecule has 29 heavy (non-hydrogen) atoms. The molecule has 2 aliphatic rings. The van der Waals surface area contributed by atoms with Crippen molar-refractivity contribution in [3.05, 3.63) is 41.0 Å². The summed E-state index contributed by atoms with van der Waals surface area (Å²) in [6, 6.07) is 3.60. The van der Waals surface area contributed by atoms with E-state index in [1.807, 2.05) is 13.0 Å².